The number of hydrogen-bond acceptors (Lipinski definition) is 5. The zero-order chi connectivity index (χ0) is 18.1. The maximum Gasteiger partial charge on any atom is 0.412 e. The number of ketones is 1. The number of aromatic nitrogens is 2. The molecule has 0 spiro atoms. The van der Waals surface area contributed by atoms with Crippen LogP contribution in [0.4, 0.5) is 10.5 Å². The van der Waals surface area contributed by atoms with E-state index in [1.165, 1.54) is 11.6 Å². The van der Waals surface area contributed by atoms with Crippen LogP contribution in [0.15, 0.2) is 18.2 Å². The predicted molar refractivity (Wildman–Crippen MR) is 87.2 cm³/mol. The Labute approximate surface area is 138 Å². The van der Waals surface area contributed by atoms with E-state index < -0.39 is 17.7 Å². The van der Waals surface area contributed by atoms with Crippen LogP contribution in [0.1, 0.15) is 38.2 Å². The van der Waals surface area contributed by atoms with Crippen LogP contribution in [0, 0.1) is 0 Å². The number of ether oxygens (including phenoxy) is 1. The highest BCUT2D eigenvalue weighted by atomic mass is 16.6. The number of amides is 1. The third-order valence-electron chi connectivity index (χ3n) is 3.01. The van der Waals surface area contributed by atoms with Crippen molar-refractivity contribution in [3.63, 3.8) is 0 Å². The van der Waals surface area contributed by atoms with E-state index in [1.54, 1.807) is 39.0 Å². The van der Waals surface area contributed by atoms with E-state index >= 15 is 0 Å². The maximum absolute atomic E-state index is 11.8. The molecule has 0 saturated heterocycles. The zero-order valence-electron chi connectivity index (χ0n) is 13.9. The van der Waals surface area contributed by atoms with E-state index in [1.807, 2.05) is 0 Å². The molecule has 0 radical (unpaired) electrons. The minimum absolute atomic E-state index is 0.152. The number of Topliss-reactive ketones (excluding diaryl/α,β-unsaturated/α-hetero) is 1. The topological polar surface area (TPSA) is 111 Å². The summed E-state index contributed by atoms with van der Waals surface area (Å²) < 4.78 is 6.42. The summed E-state index contributed by atoms with van der Waals surface area (Å²) in [6, 6.07) is 4.77. The normalized spacial score (nSPS) is 11.3. The fraction of sp³-hybridized carbons (Fsp3) is 0.375. The minimum Gasteiger partial charge on any atom is -0.480 e. The molecule has 0 fully saturated rings. The summed E-state index contributed by atoms with van der Waals surface area (Å²) in [6.07, 6.45) is -0.621. The van der Waals surface area contributed by atoms with Crippen LogP contribution in [0.5, 0.6) is 0 Å². The Hall–Kier alpha value is -2.90. The maximum atomic E-state index is 11.8. The lowest BCUT2D eigenvalue weighted by Gasteiger charge is -2.19. The molecule has 128 valence electrons. The quantitative estimate of drug-likeness (QED) is 0.832. The summed E-state index contributed by atoms with van der Waals surface area (Å²) in [5.41, 5.74) is 0.441. The number of fused-ring (bicyclic) bond motifs is 1. The number of carbonyl (C=O) groups is 3. The van der Waals surface area contributed by atoms with Crippen molar-refractivity contribution < 1.29 is 24.2 Å². The molecule has 1 aromatic heterocycles. The number of carboxylic acids is 1. The van der Waals surface area contributed by atoms with Crippen molar-refractivity contribution in [2.45, 2.75) is 39.8 Å². The number of rotatable bonds is 4. The number of hydrogen-bond donors (Lipinski definition) is 2. The van der Waals surface area contributed by atoms with Crippen molar-refractivity contribution in [2.75, 3.05) is 5.32 Å². The largest absolute Gasteiger partial charge is 0.480 e. The summed E-state index contributed by atoms with van der Waals surface area (Å²) in [6.45, 7) is 6.24. The van der Waals surface area contributed by atoms with Crippen LogP contribution in [0.3, 0.4) is 0 Å². The number of carboxylic acid groups (broad SMARTS) is 1. The van der Waals surface area contributed by atoms with Gasteiger partial charge in [0.2, 0.25) is 0 Å². The highest BCUT2D eigenvalue weighted by Crippen LogP contribution is 2.24. The lowest BCUT2D eigenvalue weighted by molar-refractivity contribution is -0.137. The van der Waals surface area contributed by atoms with Gasteiger partial charge in [0, 0.05) is 18.0 Å². The number of benzene rings is 1. The van der Waals surface area contributed by atoms with Gasteiger partial charge < -0.3 is 9.84 Å². The van der Waals surface area contributed by atoms with Crippen LogP contribution in [-0.2, 0) is 16.1 Å². The first-order valence-electron chi connectivity index (χ1n) is 7.30. The van der Waals surface area contributed by atoms with Crippen LogP contribution in [0.2, 0.25) is 0 Å². The Bertz CT molecular complexity index is 817. The van der Waals surface area contributed by atoms with Gasteiger partial charge in [0.15, 0.2) is 5.78 Å². The van der Waals surface area contributed by atoms with Crippen molar-refractivity contribution in [2.24, 2.45) is 0 Å². The second-order valence-corrected chi connectivity index (χ2v) is 6.32. The Morgan fingerprint density at radius 3 is 2.50 bits per heavy atom. The second-order valence-electron chi connectivity index (χ2n) is 6.32. The molecule has 2 N–H and O–H groups in total. The highest BCUT2D eigenvalue weighted by Gasteiger charge is 2.19. The van der Waals surface area contributed by atoms with Crippen molar-refractivity contribution >= 4 is 34.4 Å². The van der Waals surface area contributed by atoms with E-state index in [-0.39, 0.29) is 18.0 Å². The van der Waals surface area contributed by atoms with Gasteiger partial charge in [0.25, 0.3) is 0 Å². The van der Waals surface area contributed by atoms with E-state index in [9.17, 15) is 14.4 Å². The summed E-state index contributed by atoms with van der Waals surface area (Å²) >= 11 is 0. The fourth-order valence-electron chi connectivity index (χ4n) is 2.19. The molecule has 8 heteroatoms. The second kappa shape index (κ2) is 6.31. The number of aliphatic carboxylic acids is 1. The molecular weight excluding hydrogens is 314 g/mol. The van der Waals surface area contributed by atoms with Gasteiger partial charge in [-0.05, 0) is 39.0 Å². The summed E-state index contributed by atoms with van der Waals surface area (Å²) in [7, 11) is 0. The number of carbonyl (C=O) groups excluding carboxylic acids is 2. The van der Waals surface area contributed by atoms with Gasteiger partial charge in [-0.25, -0.2) is 4.79 Å². The van der Waals surface area contributed by atoms with E-state index in [0.717, 1.165) is 0 Å². The summed E-state index contributed by atoms with van der Waals surface area (Å²) in [5.74, 6) is -1.36. The highest BCUT2D eigenvalue weighted by molar-refractivity contribution is 6.06. The molecule has 2 aromatic rings. The first kappa shape index (κ1) is 17.5. The van der Waals surface area contributed by atoms with Crippen LogP contribution < -0.4 is 5.32 Å². The van der Waals surface area contributed by atoms with Gasteiger partial charge in [-0.15, -0.1) is 0 Å². The third-order valence-corrected chi connectivity index (χ3v) is 3.01. The molecule has 0 unspecified atom stereocenters. The molecule has 0 saturated carbocycles. The van der Waals surface area contributed by atoms with Crippen molar-refractivity contribution in [1.82, 2.24) is 9.78 Å². The predicted octanol–water partition coefficient (Wildman–Crippen LogP) is 2.67. The van der Waals surface area contributed by atoms with Gasteiger partial charge >= 0.3 is 12.1 Å². The van der Waals surface area contributed by atoms with E-state index in [0.29, 0.717) is 16.6 Å². The number of nitrogens with zero attached hydrogens (tertiary/aromatic N) is 2. The molecule has 0 bridgehead atoms. The van der Waals surface area contributed by atoms with E-state index in [2.05, 4.69) is 10.4 Å². The zero-order valence-corrected chi connectivity index (χ0v) is 13.9. The molecule has 8 nitrogen and oxygen atoms in total. The Balaban J connectivity index is 2.39. The van der Waals surface area contributed by atoms with Gasteiger partial charge in [0.05, 0.1) is 5.52 Å². The lowest BCUT2D eigenvalue weighted by Crippen LogP contribution is -2.27. The van der Waals surface area contributed by atoms with Gasteiger partial charge in [-0.3, -0.25) is 19.6 Å². The molecule has 24 heavy (non-hydrogen) atoms. The third kappa shape index (κ3) is 4.09. The number of anilines is 1. The first-order chi connectivity index (χ1) is 11.1. The Kier molecular flexibility index (Phi) is 4.59. The molecule has 1 heterocycles. The average Bonchev–Trinajstić information content (AvgIpc) is 2.74. The van der Waals surface area contributed by atoms with E-state index in [4.69, 9.17) is 9.84 Å². The van der Waals surface area contributed by atoms with Crippen molar-refractivity contribution in [3.05, 3.63) is 23.9 Å². The Morgan fingerprint density at radius 2 is 1.96 bits per heavy atom. The first-order valence-corrected chi connectivity index (χ1v) is 7.30. The SMILES string of the molecule is CC(=O)c1nn(CC(=O)O)c2ccc(NC(=O)OC(C)(C)C)cc12. The molecule has 0 aliphatic rings. The molecule has 2 rings (SSSR count). The Morgan fingerprint density at radius 1 is 1.29 bits per heavy atom. The van der Waals surface area contributed by atoms with Crippen molar-refractivity contribution in [3.8, 4) is 0 Å². The lowest BCUT2D eigenvalue weighted by atomic mass is 10.1. The minimum atomic E-state index is -1.06. The van der Waals surface area contributed by atoms with Gasteiger partial charge in [0.1, 0.15) is 17.8 Å². The average molecular weight is 333 g/mol. The molecule has 0 aliphatic heterocycles. The fourth-order valence-corrected chi connectivity index (χ4v) is 2.19. The molecule has 0 aliphatic carbocycles. The monoisotopic (exact) mass is 333 g/mol. The number of nitrogens with one attached hydrogen (secondary N) is 1. The standard InChI is InChI=1S/C16H19N3O5/c1-9(20)14-11-7-10(17-15(23)24-16(2,3)4)5-6-12(11)19(18-14)8-13(21)22/h5-7H,8H2,1-4H3,(H,17,23)(H,21,22). The molecule has 1 aromatic carbocycles. The molecule has 0 atom stereocenters. The van der Waals surface area contributed by atoms with Gasteiger partial charge in [-0.1, -0.05) is 0 Å². The molecular formula is C16H19N3O5. The van der Waals surface area contributed by atoms with Gasteiger partial charge in [-0.2, -0.15) is 5.10 Å². The van der Waals surface area contributed by atoms with Crippen LogP contribution in [-0.4, -0.2) is 38.3 Å². The van der Waals surface area contributed by atoms with Crippen LogP contribution in [0.25, 0.3) is 10.9 Å². The van der Waals surface area contributed by atoms with Crippen LogP contribution >= 0.6 is 0 Å². The van der Waals surface area contributed by atoms with Crippen molar-refractivity contribution in [1.29, 1.82) is 0 Å². The molecule has 1 amide bonds. The summed E-state index contributed by atoms with van der Waals surface area (Å²) in [5, 5.41) is 16.0. The smallest absolute Gasteiger partial charge is 0.412 e. The summed E-state index contributed by atoms with van der Waals surface area (Å²) in [4.78, 5) is 34.5.